The summed E-state index contributed by atoms with van der Waals surface area (Å²) in [5.74, 6) is 0.405. The predicted octanol–water partition coefficient (Wildman–Crippen LogP) is 5.71. The highest BCUT2D eigenvalue weighted by atomic mass is 32.1. The maximum atomic E-state index is 12.8. The van der Waals surface area contributed by atoms with Crippen molar-refractivity contribution in [1.29, 1.82) is 0 Å². The van der Waals surface area contributed by atoms with Gasteiger partial charge in [-0.25, -0.2) is 9.78 Å². The monoisotopic (exact) mass is 466 g/mol. The van der Waals surface area contributed by atoms with Crippen LogP contribution in [-0.4, -0.2) is 31.1 Å². The number of carbonyl (C=O) groups is 2. The third kappa shape index (κ3) is 4.63. The van der Waals surface area contributed by atoms with Crippen LogP contribution in [0.25, 0.3) is 11.1 Å². The third-order valence-corrected chi connectivity index (χ3v) is 6.08. The lowest BCUT2D eigenvalue weighted by molar-refractivity contribution is 0.0603. The molecule has 162 valence electrons. The van der Waals surface area contributed by atoms with Crippen molar-refractivity contribution >= 4 is 39.6 Å². The fourth-order valence-corrected chi connectivity index (χ4v) is 4.41. The molecule has 0 aliphatic heterocycles. The Morgan fingerprint density at radius 3 is 2.28 bits per heavy atom. The van der Waals surface area contributed by atoms with Crippen LogP contribution in [0.3, 0.4) is 0 Å². The number of ether oxygens (including phenoxy) is 3. The average molecular weight is 467 g/mol. The highest BCUT2D eigenvalue weighted by Gasteiger charge is 2.23. The van der Waals surface area contributed by atoms with Crippen molar-refractivity contribution in [2.24, 2.45) is 0 Å². The van der Waals surface area contributed by atoms with E-state index >= 15 is 0 Å². The van der Waals surface area contributed by atoms with Gasteiger partial charge in [0.1, 0.15) is 22.1 Å². The van der Waals surface area contributed by atoms with Gasteiger partial charge < -0.3 is 19.5 Å². The molecule has 4 aromatic rings. The Morgan fingerprint density at radius 1 is 0.938 bits per heavy atom. The first-order valence-electron chi connectivity index (χ1n) is 9.42. The third-order valence-electron chi connectivity index (χ3n) is 4.54. The first kappa shape index (κ1) is 21.5. The zero-order chi connectivity index (χ0) is 22.5. The highest BCUT2D eigenvalue weighted by molar-refractivity contribution is 7.15. The number of amides is 1. The van der Waals surface area contributed by atoms with Gasteiger partial charge in [0.15, 0.2) is 0 Å². The number of anilines is 1. The number of rotatable bonds is 7. The second-order valence-electron chi connectivity index (χ2n) is 6.45. The minimum absolute atomic E-state index is 0.305. The van der Waals surface area contributed by atoms with Crippen molar-refractivity contribution in [3.8, 4) is 27.8 Å². The second kappa shape index (κ2) is 9.63. The molecule has 1 amide bonds. The Hall–Kier alpha value is -3.69. The van der Waals surface area contributed by atoms with Gasteiger partial charge in [0, 0.05) is 28.1 Å². The summed E-state index contributed by atoms with van der Waals surface area (Å²) in [5.41, 5.74) is 2.21. The number of nitrogens with zero attached hydrogens (tertiary/aromatic N) is 1. The average Bonchev–Trinajstić information content (AvgIpc) is 3.49. The van der Waals surface area contributed by atoms with E-state index in [2.05, 4.69) is 10.3 Å². The number of aromatic nitrogens is 1. The molecule has 0 fully saturated rings. The summed E-state index contributed by atoms with van der Waals surface area (Å²) in [7, 11) is 2.90. The van der Waals surface area contributed by atoms with Gasteiger partial charge in [0.25, 0.3) is 11.1 Å². The maximum Gasteiger partial charge on any atom is 0.341 e. The molecule has 0 saturated carbocycles. The first-order valence-corrected chi connectivity index (χ1v) is 11.2. The SMILES string of the molecule is COC(=O)c1c(-c2ccc(OC)cc2)csc1NC(=O)c1ccc(Oc2nccs2)cc1. The summed E-state index contributed by atoms with van der Waals surface area (Å²) >= 11 is 2.63. The van der Waals surface area contributed by atoms with E-state index in [1.807, 2.05) is 35.0 Å². The van der Waals surface area contributed by atoms with Crippen LogP contribution in [0.2, 0.25) is 0 Å². The molecule has 32 heavy (non-hydrogen) atoms. The van der Waals surface area contributed by atoms with Gasteiger partial charge in [-0.2, -0.15) is 0 Å². The van der Waals surface area contributed by atoms with E-state index < -0.39 is 5.97 Å². The lowest BCUT2D eigenvalue weighted by Gasteiger charge is -2.09. The number of methoxy groups -OCH3 is 2. The van der Waals surface area contributed by atoms with Gasteiger partial charge in [-0.05, 0) is 42.0 Å². The van der Waals surface area contributed by atoms with Crippen molar-refractivity contribution < 1.29 is 23.8 Å². The molecular formula is C23H18N2O5S2. The highest BCUT2D eigenvalue weighted by Crippen LogP contribution is 2.37. The van der Waals surface area contributed by atoms with E-state index in [1.54, 1.807) is 37.6 Å². The van der Waals surface area contributed by atoms with Gasteiger partial charge in [0.2, 0.25) is 0 Å². The van der Waals surface area contributed by atoms with Gasteiger partial charge in [-0.1, -0.05) is 23.5 Å². The topological polar surface area (TPSA) is 86.8 Å². The number of thiophene rings is 1. The molecule has 1 N–H and O–H groups in total. The first-order chi connectivity index (χ1) is 15.6. The van der Waals surface area contributed by atoms with Crippen LogP contribution in [0.1, 0.15) is 20.7 Å². The standard InChI is InChI=1S/C23H18N2O5S2/c1-28-16-7-3-14(4-8-16)18-13-32-21(19(18)22(27)29-2)25-20(26)15-5-9-17(10-6-15)30-23-24-11-12-31-23/h3-13H,1-2H3,(H,25,26). The van der Waals surface area contributed by atoms with Gasteiger partial charge >= 0.3 is 5.97 Å². The molecule has 0 radical (unpaired) electrons. The van der Waals surface area contributed by atoms with Gasteiger partial charge in [-0.3, -0.25) is 4.79 Å². The summed E-state index contributed by atoms with van der Waals surface area (Å²) in [6, 6.07) is 14.0. The van der Waals surface area contributed by atoms with E-state index in [-0.39, 0.29) is 5.91 Å². The molecule has 2 aromatic heterocycles. The Labute approximate surface area is 192 Å². The van der Waals surface area contributed by atoms with Crippen LogP contribution in [0, 0.1) is 0 Å². The van der Waals surface area contributed by atoms with E-state index in [1.165, 1.54) is 29.8 Å². The van der Waals surface area contributed by atoms with Crippen LogP contribution in [0.15, 0.2) is 65.5 Å². The van der Waals surface area contributed by atoms with Crippen molar-refractivity contribution in [1.82, 2.24) is 4.98 Å². The summed E-state index contributed by atoms with van der Waals surface area (Å²) in [6.45, 7) is 0. The minimum Gasteiger partial charge on any atom is -0.497 e. The number of hydrogen-bond donors (Lipinski definition) is 1. The molecule has 2 aromatic carbocycles. The molecule has 0 bridgehead atoms. The summed E-state index contributed by atoms with van der Waals surface area (Å²) in [6.07, 6.45) is 1.65. The Balaban J connectivity index is 1.56. The van der Waals surface area contributed by atoms with Gasteiger partial charge in [-0.15, -0.1) is 11.3 Å². The second-order valence-corrected chi connectivity index (χ2v) is 8.19. The fourth-order valence-electron chi connectivity index (χ4n) is 2.95. The van der Waals surface area contributed by atoms with E-state index in [0.717, 1.165) is 5.56 Å². The molecule has 0 spiro atoms. The molecule has 0 atom stereocenters. The molecule has 2 heterocycles. The van der Waals surface area contributed by atoms with Crippen molar-refractivity contribution in [2.75, 3.05) is 19.5 Å². The molecular weight excluding hydrogens is 448 g/mol. The molecule has 0 unspecified atom stereocenters. The maximum absolute atomic E-state index is 12.8. The summed E-state index contributed by atoms with van der Waals surface area (Å²) < 4.78 is 15.8. The van der Waals surface area contributed by atoms with Crippen LogP contribution in [0.5, 0.6) is 16.7 Å². The Kier molecular flexibility index (Phi) is 6.48. The van der Waals surface area contributed by atoms with Crippen LogP contribution < -0.4 is 14.8 Å². The number of nitrogens with one attached hydrogen (secondary N) is 1. The zero-order valence-electron chi connectivity index (χ0n) is 17.2. The largest absolute Gasteiger partial charge is 0.497 e. The Bertz CT molecular complexity index is 1220. The molecule has 7 nitrogen and oxygen atoms in total. The minimum atomic E-state index is -0.528. The zero-order valence-corrected chi connectivity index (χ0v) is 18.8. The lowest BCUT2D eigenvalue weighted by Crippen LogP contribution is -2.14. The quantitative estimate of drug-likeness (QED) is 0.351. The molecule has 4 rings (SSSR count). The number of carbonyl (C=O) groups excluding carboxylic acids is 2. The number of esters is 1. The predicted molar refractivity (Wildman–Crippen MR) is 124 cm³/mol. The summed E-state index contributed by atoms with van der Waals surface area (Å²) in [5, 5.41) is 7.39. The van der Waals surface area contributed by atoms with Crippen LogP contribution in [-0.2, 0) is 4.74 Å². The van der Waals surface area contributed by atoms with E-state index in [9.17, 15) is 9.59 Å². The number of thiazole rings is 1. The van der Waals surface area contributed by atoms with Crippen LogP contribution in [0.4, 0.5) is 5.00 Å². The fraction of sp³-hybridized carbons (Fsp3) is 0.0870. The van der Waals surface area contributed by atoms with Gasteiger partial charge in [0.05, 0.1) is 14.2 Å². The summed E-state index contributed by atoms with van der Waals surface area (Å²) in [4.78, 5) is 29.4. The molecule has 0 aliphatic carbocycles. The smallest absolute Gasteiger partial charge is 0.341 e. The normalized spacial score (nSPS) is 10.4. The van der Waals surface area contributed by atoms with Crippen molar-refractivity contribution in [3.63, 3.8) is 0 Å². The molecule has 9 heteroatoms. The lowest BCUT2D eigenvalue weighted by atomic mass is 10.0. The van der Waals surface area contributed by atoms with Crippen LogP contribution >= 0.6 is 22.7 Å². The molecule has 0 saturated heterocycles. The Morgan fingerprint density at radius 2 is 1.66 bits per heavy atom. The van der Waals surface area contributed by atoms with Crippen molar-refractivity contribution in [3.05, 3.63) is 76.6 Å². The van der Waals surface area contributed by atoms with E-state index in [0.29, 0.717) is 38.4 Å². The van der Waals surface area contributed by atoms with Crippen molar-refractivity contribution in [2.45, 2.75) is 0 Å². The van der Waals surface area contributed by atoms with E-state index in [4.69, 9.17) is 14.2 Å². The molecule has 0 aliphatic rings. The number of hydrogen-bond acceptors (Lipinski definition) is 8. The number of benzene rings is 2.